The second-order valence-corrected chi connectivity index (χ2v) is 3.95. The van der Waals surface area contributed by atoms with Crippen molar-refractivity contribution in [1.82, 2.24) is 5.32 Å². The Labute approximate surface area is 96.5 Å². The summed E-state index contributed by atoms with van der Waals surface area (Å²) in [6, 6.07) is 9.33. The third-order valence-corrected chi connectivity index (χ3v) is 2.29. The van der Waals surface area contributed by atoms with Crippen molar-refractivity contribution in [3.8, 4) is 0 Å². The van der Waals surface area contributed by atoms with E-state index in [0.717, 1.165) is 18.5 Å². The number of aliphatic hydroxyl groups is 1. The van der Waals surface area contributed by atoms with Gasteiger partial charge in [0.1, 0.15) is 0 Å². The Morgan fingerprint density at radius 3 is 2.69 bits per heavy atom. The molecule has 1 rings (SSSR count). The van der Waals surface area contributed by atoms with Crippen LogP contribution in [0.15, 0.2) is 30.3 Å². The van der Waals surface area contributed by atoms with Crippen molar-refractivity contribution in [3.05, 3.63) is 35.9 Å². The SMILES string of the molecule is CC(O)CNCCCC(=O)c1ccccc1. The van der Waals surface area contributed by atoms with Crippen molar-refractivity contribution in [3.63, 3.8) is 0 Å². The second kappa shape index (κ2) is 7.14. The molecule has 0 bridgehead atoms. The fourth-order valence-electron chi connectivity index (χ4n) is 1.45. The molecule has 3 heteroatoms. The number of rotatable bonds is 7. The van der Waals surface area contributed by atoms with Crippen molar-refractivity contribution in [2.45, 2.75) is 25.9 Å². The lowest BCUT2D eigenvalue weighted by atomic mass is 10.1. The van der Waals surface area contributed by atoms with E-state index in [9.17, 15) is 4.79 Å². The van der Waals surface area contributed by atoms with Crippen molar-refractivity contribution in [2.75, 3.05) is 13.1 Å². The van der Waals surface area contributed by atoms with Crippen molar-refractivity contribution in [2.24, 2.45) is 0 Å². The molecule has 0 saturated carbocycles. The lowest BCUT2D eigenvalue weighted by Crippen LogP contribution is -2.25. The first-order valence-corrected chi connectivity index (χ1v) is 5.67. The van der Waals surface area contributed by atoms with Crippen LogP contribution in [0.5, 0.6) is 0 Å². The lowest BCUT2D eigenvalue weighted by molar-refractivity contribution is 0.0979. The Morgan fingerprint density at radius 1 is 1.38 bits per heavy atom. The van der Waals surface area contributed by atoms with Crippen LogP contribution in [0, 0.1) is 0 Å². The summed E-state index contributed by atoms with van der Waals surface area (Å²) in [5, 5.41) is 12.1. The highest BCUT2D eigenvalue weighted by Crippen LogP contribution is 2.04. The van der Waals surface area contributed by atoms with E-state index < -0.39 is 0 Å². The molecular formula is C13H19NO2. The molecule has 1 aromatic carbocycles. The summed E-state index contributed by atoms with van der Waals surface area (Å²) in [5.41, 5.74) is 0.776. The van der Waals surface area contributed by atoms with E-state index in [1.807, 2.05) is 30.3 Å². The Bertz CT molecular complexity index is 309. The first-order chi connectivity index (χ1) is 7.70. The quantitative estimate of drug-likeness (QED) is 0.543. The van der Waals surface area contributed by atoms with E-state index in [-0.39, 0.29) is 11.9 Å². The van der Waals surface area contributed by atoms with Crippen molar-refractivity contribution in [1.29, 1.82) is 0 Å². The highest BCUT2D eigenvalue weighted by molar-refractivity contribution is 5.95. The van der Waals surface area contributed by atoms with Gasteiger partial charge in [-0.15, -0.1) is 0 Å². The molecular weight excluding hydrogens is 202 g/mol. The minimum Gasteiger partial charge on any atom is -0.392 e. The van der Waals surface area contributed by atoms with Crippen molar-refractivity contribution >= 4 is 5.78 Å². The van der Waals surface area contributed by atoms with Gasteiger partial charge in [0.25, 0.3) is 0 Å². The molecule has 3 nitrogen and oxygen atoms in total. The van der Waals surface area contributed by atoms with Crippen LogP contribution in [0.1, 0.15) is 30.1 Å². The first kappa shape index (κ1) is 12.9. The smallest absolute Gasteiger partial charge is 0.162 e. The highest BCUT2D eigenvalue weighted by atomic mass is 16.3. The molecule has 0 amide bonds. The van der Waals surface area contributed by atoms with Gasteiger partial charge in [0.15, 0.2) is 5.78 Å². The standard InChI is InChI=1S/C13H19NO2/c1-11(15)10-14-9-5-8-13(16)12-6-3-2-4-7-12/h2-4,6-7,11,14-15H,5,8-10H2,1H3. The molecule has 0 aliphatic heterocycles. The number of Topliss-reactive ketones (excluding diaryl/α,β-unsaturated/α-hetero) is 1. The number of aliphatic hydroxyl groups excluding tert-OH is 1. The van der Waals surface area contributed by atoms with E-state index in [2.05, 4.69) is 5.32 Å². The van der Waals surface area contributed by atoms with Crippen LogP contribution in [0.25, 0.3) is 0 Å². The van der Waals surface area contributed by atoms with Gasteiger partial charge in [-0.2, -0.15) is 0 Å². The summed E-state index contributed by atoms with van der Waals surface area (Å²) in [7, 11) is 0. The molecule has 16 heavy (non-hydrogen) atoms. The Balaban J connectivity index is 2.16. The molecule has 2 N–H and O–H groups in total. The second-order valence-electron chi connectivity index (χ2n) is 3.95. The summed E-state index contributed by atoms with van der Waals surface area (Å²) < 4.78 is 0. The minimum atomic E-state index is -0.329. The number of carbonyl (C=O) groups is 1. The fraction of sp³-hybridized carbons (Fsp3) is 0.462. The number of hydrogen-bond acceptors (Lipinski definition) is 3. The number of ketones is 1. The zero-order valence-electron chi connectivity index (χ0n) is 9.65. The van der Waals surface area contributed by atoms with Crippen LogP contribution in [-0.2, 0) is 0 Å². The van der Waals surface area contributed by atoms with Gasteiger partial charge >= 0.3 is 0 Å². The van der Waals surface area contributed by atoms with Gasteiger partial charge in [-0.05, 0) is 19.9 Å². The molecule has 0 aliphatic carbocycles. The predicted octanol–water partition coefficient (Wildman–Crippen LogP) is 1.62. The topological polar surface area (TPSA) is 49.3 Å². The average molecular weight is 221 g/mol. The number of benzene rings is 1. The summed E-state index contributed by atoms with van der Waals surface area (Å²) >= 11 is 0. The van der Waals surface area contributed by atoms with Gasteiger partial charge in [-0.3, -0.25) is 4.79 Å². The summed E-state index contributed by atoms with van der Waals surface area (Å²) in [6.45, 7) is 3.09. The van der Waals surface area contributed by atoms with Gasteiger partial charge in [0, 0.05) is 18.5 Å². The fourth-order valence-corrected chi connectivity index (χ4v) is 1.45. The van der Waals surface area contributed by atoms with Gasteiger partial charge in [0.05, 0.1) is 6.10 Å². The van der Waals surface area contributed by atoms with Crippen LogP contribution in [0.3, 0.4) is 0 Å². The molecule has 1 aromatic rings. The Morgan fingerprint density at radius 2 is 2.06 bits per heavy atom. The van der Waals surface area contributed by atoms with E-state index in [1.165, 1.54) is 0 Å². The Kier molecular flexibility index (Phi) is 5.75. The molecule has 0 aromatic heterocycles. The van der Waals surface area contributed by atoms with Crippen LogP contribution in [0.4, 0.5) is 0 Å². The molecule has 0 aliphatic rings. The molecule has 0 heterocycles. The number of hydrogen-bond donors (Lipinski definition) is 2. The number of nitrogens with one attached hydrogen (secondary N) is 1. The summed E-state index contributed by atoms with van der Waals surface area (Å²) in [5.74, 6) is 0.180. The van der Waals surface area contributed by atoms with E-state index >= 15 is 0 Å². The third kappa shape index (κ3) is 5.05. The average Bonchev–Trinajstić information content (AvgIpc) is 2.29. The zero-order chi connectivity index (χ0) is 11.8. The van der Waals surface area contributed by atoms with E-state index in [0.29, 0.717) is 13.0 Å². The molecule has 0 radical (unpaired) electrons. The lowest BCUT2D eigenvalue weighted by Gasteiger charge is -2.06. The van der Waals surface area contributed by atoms with Gasteiger partial charge in [-0.1, -0.05) is 30.3 Å². The maximum absolute atomic E-state index is 11.7. The molecule has 0 fully saturated rings. The van der Waals surface area contributed by atoms with Gasteiger partial charge in [-0.25, -0.2) is 0 Å². The minimum absolute atomic E-state index is 0.180. The summed E-state index contributed by atoms with van der Waals surface area (Å²) in [6.07, 6.45) is 1.03. The van der Waals surface area contributed by atoms with Crippen LogP contribution >= 0.6 is 0 Å². The molecule has 88 valence electrons. The maximum Gasteiger partial charge on any atom is 0.162 e. The highest BCUT2D eigenvalue weighted by Gasteiger charge is 2.03. The Hall–Kier alpha value is -1.19. The van der Waals surface area contributed by atoms with E-state index in [1.54, 1.807) is 6.92 Å². The molecule has 0 spiro atoms. The molecule has 1 atom stereocenters. The summed E-state index contributed by atoms with van der Waals surface area (Å²) in [4.78, 5) is 11.7. The number of carbonyl (C=O) groups excluding carboxylic acids is 1. The molecule has 1 unspecified atom stereocenters. The normalized spacial score (nSPS) is 12.4. The van der Waals surface area contributed by atoms with Gasteiger partial charge < -0.3 is 10.4 Å². The van der Waals surface area contributed by atoms with E-state index in [4.69, 9.17) is 5.11 Å². The zero-order valence-corrected chi connectivity index (χ0v) is 9.65. The third-order valence-electron chi connectivity index (χ3n) is 2.29. The molecule has 0 saturated heterocycles. The maximum atomic E-state index is 11.7. The first-order valence-electron chi connectivity index (χ1n) is 5.67. The monoisotopic (exact) mass is 221 g/mol. The van der Waals surface area contributed by atoms with Crippen LogP contribution < -0.4 is 5.32 Å². The van der Waals surface area contributed by atoms with Crippen LogP contribution in [0.2, 0.25) is 0 Å². The van der Waals surface area contributed by atoms with Crippen LogP contribution in [-0.4, -0.2) is 30.1 Å². The van der Waals surface area contributed by atoms with Gasteiger partial charge in [0.2, 0.25) is 0 Å². The largest absolute Gasteiger partial charge is 0.392 e. The van der Waals surface area contributed by atoms with Crippen molar-refractivity contribution < 1.29 is 9.90 Å². The predicted molar refractivity (Wildman–Crippen MR) is 64.6 cm³/mol.